The van der Waals surface area contributed by atoms with Crippen molar-refractivity contribution in [3.63, 3.8) is 0 Å². The van der Waals surface area contributed by atoms with Crippen LogP contribution in [-0.2, 0) is 0 Å². The van der Waals surface area contributed by atoms with E-state index in [0.717, 1.165) is 11.1 Å². The average Bonchev–Trinajstić information content (AvgIpc) is 2.83. The second-order valence-electron chi connectivity index (χ2n) is 6.41. The second kappa shape index (κ2) is 9.99. The number of rotatable bonds is 7. The fourth-order valence-corrected chi connectivity index (χ4v) is 2.94. The molecular weight excluding hydrogens is 394 g/mol. The molecule has 3 rings (SSSR count). The van der Waals surface area contributed by atoms with Crippen LogP contribution in [0.5, 0.6) is 23.0 Å². The predicted molar refractivity (Wildman–Crippen MR) is 117 cm³/mol. The lowest BCUT2D eigenvalue weighted by molar-refractivity contribution is 0.0729. The molecule has 0 radical (unpaired) electrons. The molecule has 0 saturated heterocycles. The smallest absolute Gasteiger partial charge is 0.343 e. The molecule has 0 aromatic heterocycles. The highest BCUT2D eigenvalue weighted by Crippen LogP contribution is 2.32. The number of carbonyl (C=O) groups excluding carboxylic acids is 1. The van der Waals surface area contributed by atoms with Crippen molar-refractivity contribution in [3.05, 3.63) is 83.4 Å². The Morgan fingerprint density at radius 1 is 0.774 bits per heavy atom. The van der Waals surface area contributed by atoms with Gasteiger partial charge in [0.05, 0.1) is 38.5 Å². The van der Waals surface area contributed by atoms with Crippen LogP contribution < -0.4 is 18.9 Å². The number of esters is 1. The normalized spacial score (nSPS) is 10.7. The summed E-state index contributed by atoms with van der Waals surface area (Å²) >= 11 is 0. The molecule has 156 valence electrons. The standard InChI is InChI=1S/C25H21NO5/c1-28-21-12-10-19(15-24(21)30-3)25(27)31-22-11-9-17(14-23(22)29-2)13-20(16-26)18-7-5-4-6-8-18/h4-15H,1-3H3/b20-13+. The van der Waals surface area contributed by atoms with E-state index in [1.165, 1.54) is 21.3 Å². The first-order valence-electron chi connectivity index (χ1n) is 9.39. The minimum absolute atomic E-state index is 0.262. The molecule has 0 spiro atoms. The van der Waals surface area contributed by atoms with Crippen molar-refractivity contribution in [3.8, 4) is 29.1 Å². The van der Waals surface area contributed by atoms with Gasteiger partial charge in [-0.15, -0.1) is 0 Å². The SMILES string of the molecule is COc1ccc(C(=O)Oc2ccc(/C=C(\C#N)c3ccccc3)cc2OC)cc1OC. The lowest BCUT2D eigenvalue weighted by Gasteiger charge is -2.12. The van der Waals surface area contributed by atoms with Crippen LogP contribution in [0.2, 0.25) is 0 Å². The fraction of sp³-hybridized carbons (Fsp3) is 0.120. The number of methoxy groups -OCH3 is 3. The van der Waals surface area contributed by atoms with Crippen LogP contribution in [0.15, 0.2) is 66.7 Å². The third kappa shape index (κ3) is 5.03. The largest absolute Gasteiger partial charge is 0.493 e. The highest BCUT2D eigenvalue weighted by molar-refractivity contribution is 5.93. The van der Waals surface area contributed by atoms with Gasteiger partial charge in [-0.1, -0.05) is 36.4 Å². The minimum Gasteiger partial charge on any atom is -0.493 e. The van der Waals surface area contributed by atoms with Crippen LogP contribution in [-0.4, -0.2) is 27.3 Å². The van der Waals surface area contributed by atoms with E-state index < -0.39 is 5.97 Å². The number of hydrogen-bond donors (Lipinski definition) is 0. The highest BCUT2D eigenvalue weighted by Gasteiger charge is 2.15. The van der Waals surface area contributed by atoms with Crippen molar-refractivity contribution < 1.29 is 23.7 Å². The van der Waals surface area contributed by atoms with Crippen molar-refractivity contribution in [1.82, 2.24) is 0 Å². The van der Waals surface area contributed by atoms with E-state index in [0.29, 0.717) is 28.4 Å². The molecule has 0 heterocycles. The number of carbonyl (C=O) groups is 1. The van der Waals surface area contributed by atoms with Crippen LogP contribution in [0, 0.1) is 11.3 Å². The molecule has 3 aromatic rings. The summed E-state index contributed by atoms with van der Waals surface area (Å²) < 4.78 is 21.3. The van der Waals surface area contributed by atoms with Crippen LogP contribution in [0.1, 0.15) is 21.5 Å². The van der Waals surface area contributed by atoms with Crippen LogP contribution in [0.3, 0.4) is 0 Å². The Balaban J connectivity index is 1.86. The van der Waals surface area contributed by atoms with E-state index in [-0.39, 0.29) is 5.75 Å². The molecule has 0 fully saturated rings. The summed E-state index contributed by atoms with van der Waals surface area (Å²) in [6.45, 7) is 0. The minimum atomic E-state index is -0.565. The number of benzene rings is 3. The molecule has 6 heteroatoms. The Labute approximate surface area is 180 Å². The molecule has 0 unspecified atom stereocenters. The molecule has 0 bridgehead atoms. The zero-order chi connectivity index (χ0) is 22.2. The van der Waals surface area contributed by atoms with Gasteiger partial charge in [-0.2, -0.15) is 5.26 Å². The lowest BCUT2D eigenvalue weighted by Crippen LogP contribution is -2.09. The fourth-order valence-electron chi connectivity index (χ4n) is 2.94. The molecule has 0 amide bonds. The first-order valence-corrected chi connectivity index (χ1v) is 9.39. The van der Waals surface area contributed by atoms with Crippen LogP contribution >= 0.6 is 0 Å². The van der Waals surface area contributed by atoms with E-state index in [2.05, 4.69) is 6.07 Å². The van der Waals surface area contributed by atoms with Crippen molar-refractivity contribution in [2.75, 3.05) is 21.3 Å². The summed E-state index contributed by atoms with van der Waals surface area (Å²) in [5.41, 5.74) is 2.37. The number of nitriles is 1. The number of hydrogen-bond acceptors (Lipinski definition) is 6. The average molecular weight is 415 g/mol. The second-order valence-corrected chi connectivity index (χ2v) is 6.41. The number of nitrogens with zero attached hydrogens (tertiary/aromatic N) is 1. The van der Waals surface area contributed by atoms with Crippen molar-refractivity contribution in [1.29, 1.82) is 5.26 Å². The van der Waals surface area contributed by atoms with Gasteiger partial charge >= 0.3 is 5.97 Å². The van der Waals surface area contributed by atoms with Crippen LogP contribution in [0.25, 0.3) is 11.6 Å². The van der Waals surface area contributed by atoms with Gasteiger partial charge in [0.25, 0.3) is 0 Å². The van der Waals surface area contributed by atoms with Gasteiger partial charge in [-0.05, 0) is 47.5 Å². The number of ether oxygens (including phenoxy) is 4. The molecule has 0 aliphatic rings. The van der Waals surface area contributed by atoms with E-state index in [9.17, 15) is 10.1 Å². The molecule has 0 aliphatic heterocycles. The molecule has 0 aliphatic carbocycles. The summed E-state index contributed by atoms with van der Waals surface area (Å²) in [6.07, 6.45) is 1.75. The van der Waals surface area contributed by atoms with E-state index in [1.807, 2.05) is 30.3 Å². The van der Waals surface area contributed by atoms with Gasteiger partial charge in [0.1, 0.15) is 0 Å². The molecule has 0 atom stereocenters. The topological polar surface area (TPSA) is 77.8 Å². The summed E-state index contributed by atoms with van der Waals surface area (Å²) in [5.74, 6) is 1.00. The van der Waals surface area contributed by atoms with E-state index in [4.69, 9.17) is 18.9 Å². The van der Waals surface area contributed by atoms with Gasteiger partial charge in [-0.3, -0.25) is 0 Å². The Kier molecular flexibility index (Phi) is 6.92. The lowest BCUT2D eigenvalue weighted by atomic mass is 10.0. The Morgan fingerprint density at radius 2 is 1.42 bits per heavy atom. The summed E-state index contributed by atoms with van der Waals surface area (Å²) in [7, 11) is 4.50. The number of allylic oxidation sites excluding steroid dienone is 1. The monoisotopic (exact) mass is 415 g/mol. The highest BCUT2D eigenvalue weighted by atomic mass is 16.6. The van der Waals surface area contributed by atoms with Gasteiger partial charge in [0.15, 0.2) is 23.0 Å². The molecule has 31 heavy (non-hydrogen) atoms. The van der Waals surface area contributed by atoms with Crippen molar-refractivity contribution in [2.45, 2.75) is 0 Å². The molecule has 6 nitrogen and oxygen atoms in total. The summed E-state index contributed by atoms with van der Waals surface area (Å²) in [4.78, 5) is 12.6. The van der Waals surface area contributed by atoms with Gasteiger partial charge in [0.2, 0.25) is 0 Å². The van der Waals surface area contributed by atoms with E-state index >= 15 is 0 Å². The third-order valence-electron chi connectivity index (χ3n) is 4.53. The molecule has 0 saturated carbocycles. The van der Waals surface area contributed by atoms with Crippen LogP contribution in [0.4, 0.5) is 0 Å². The Bertz CT molecular complexity index is 1150. The van der Waals surface area contributed by atoms with E-state index in [1.54, 1.807) is 42.5 Å². The maximum atomic E-state index is 12.6. The summed E-state index contributed by atoms with van der Waals surface area (Å²) in [5, 5.41) is 9.51. The van der Waals surface area contributed by atoms with Gasteiger partial charge < -0.3 is 18.9 Å². The molecule has 0 N–H and O–H groups in total. The zero-order valence-electron chi connectivity index (χ0n) is 17.4. The third-order valence-corrected chi connectivity index (χ3v) is 4.53. The summed E-state index contributed by atoms with van der Waals surface area (Å²) in [6, 6.07) is 21.4. The first-order chi connectivity index (χ1) is 15.1. The first kappa shape index (κ1) is 21.5. The Morgan fingerprint density at radius 3 is 2.06 bits per heavy atom. The maximum Gasteiger partial charge on any atom is 0.343 e. The molecular formula is C25H21NO5. The Hall–Kier alpha value is -4.24. The molecule has 3 aromatic carbocycles. The zero-order valence-corrected chi connectivity index (χ0v) is 17.4. The van der Waals surface area contributed by atoms with Gasteiger partial charge in [0, 0.05) is 0 Å². The quantitative estimate of drug-likeness (QED) is 0.234. The van der Waals surface area contributed by atoms with Crippen molar-refractivity contribution in [2.24, 2.45) is 0 Å². The predicted octanol–water partition coefficient (Wildman–Crippen LogP) is 5.00. The van der Waals surface area contributed by atoms with Crippen molar-refractivity contribution >= 4 is 17.6 Å². The maximum absolute atomic E-state index is 12.6. The van der Waals surface area contributed by atoms with Gasteiger partial charge in [-0.25, -0.2) is 4.79 Å².